The summed E-state index contributed by atoms with van der Waals surface area (Å²) in [6.45, 7) is 3.89. The van der Waals surface area contributed by atoms with E-state index in [1.165, 1.54) is 12.5 Å². The summed E-state index contributed by atoms with van der Waals surface area (Å²) >= 11 is 0. The van der Waals surface area contributed by atoms with E-state index in [-0.39, 0.29) is 17.9 Å². The van der Waals surface area contributed by atoms with E-state index in [1.807, 2.05) is 25.1 Å². The lowest BCUT2D eigenvalue weighted by atomic mass is 10.1. The number of halogens is 2. The highest BCUT2D eigenvalue weighted by Crippen LogP contribution is 2.22. The van der Waals surface area contributed by atoms with Crippen molar-refractivity contribution >= 4 is 29.0 Å². The van der Waals surface area contributed by atoms with Crippen LogP contribution in [0.4, 0.5) is 31.9 Å². The molecule has 0 atom stereocenters. The van der Waals surface area contributed by atoms with Crippen molar-refractivity contribution < 1.29 is 13.6 Å². The van der Waals surface area contributed by atoms with Gasteiger partial charge < -0.3 is 15.5 Å². The summed E-state index contributed by atoms with van der Waals surface area (Å²) in [5.41, 5.74) is 2.43. The van der Waals surface area contributed by atoms with E-state index >= 15 is 0 Å². The molecule has 0 unspecified atom stereocenters. The Balaban J connectivity index is 1.38. The summed E-state index contributed by atoms with van der Waals surface area (Å²) in [6, 6.07) is 12.2. The fourth-order valence-electron chi connectivity index (χ4n) is 3.68. The quantitative estimate of drug-likeness (QED) is 0.569. The van der Waals surface area contributed by atoms with Gasteiger partial charge in [0.05, 0.1) is 6.42 Å². The maximum absolute atomic E-state index is 13.7. The van der Waals surface area contributed by atoms with Gasteiger partial charge >= 0.3 is 0 Å². The third-order valence-corrected chi connectivity index (χ3v) is 5.29. The van der Waals surface area contributed by atoms with E-state index in [1.54, 1.807) is 12.1 Å². The van der Waals surface area contributed by atoms with Crippen molar-refractivity contribution in [2.24, 2.45) is 0 Å². The minimum atomic E-state index is -0.733. The minimum Gasteiger partial charge on any atom is -0.341 e. The number of hydrogen-bond acceptors (Lipinski definition) is 5. The molecule has 8 heteroatoms. The summed E-state index contributed by atoms with van der Waals surface area (Å²) in [4.78, 5) is 23.7. The molecule has 0 bridgehead atoms. The normalized spacial score (nSPS) is 13.7. The summed E-state index contributed by atoms with van der Waals surface area (Å²) in [7, 11) is 0. The van der Waals surface area contributed by atoms with Gasteiger partial charge in [0.2, 0.25) is 11.9 Å². The molecule has 1 fully saturated rings. The number of rotatable bonds is 6. The summed E-state index contributed by atoms with van der Waals surface area (Å²) in [5, 5.41) is 6.01. The molecule has 1 amide bonds. The van der Waals surface area contributed by atoms with Crippen LogP contribution in [0.25, 0.3) is 0 Å². The van der Waals surface area contributed by atoms with Crippen LogP contribution in [0.1, 0.15) is 30.5 Å². The first-order chi connectivity index (χ1) is 15.5. The van der Waals surface area contributed by atoms with E-state index in [9.17, 15) is 13.6 Å². The topological polar surface area (TPSA) is 70.2 Å². The van der Waals surface area contributed by atoms with Crippen molar-refractivity contribution in [3.63, 3.8) is 0 Å². The highest BCUT2D eigenvalue weighted by molar-refractivity contribution is 5.92. The van der Waals surface area contributed by atoms with Crippen LogP contribution in [0.5, 0.6) is 0 Å². The van der Waals surface area contributed by atoms with Crippen molar-refractivity contribution in [3.05, 3.63) is 71.4 Å². The van der Waals surface area contributed by atoms with Crippen molar-refractivity contribution in [3.8, 4) is 0 Å². The minimum absolute atomic E-state index is 0.144. The lowest BCUT2D eigenvalue weighted by Gasteiger charge is -2.27. The molecule has 1 saturated heterocycles. The molecule has 0 radical (unpaired) electrons. The van der Waals surface area contributed by atoms with Gasteiger partial charge in [0, 0.05) is 42.3 Å². The predicted molar refractivity (Wildman–Crippen MR) is 121 cm³/mol. The number of hydrogen-bond donors (Lipinski definition) is 2. The molecule has 166 valence electrons. The first-order valence-electron chi connectivity index (χ1n) is 10.7. The summed E-state index contributed by atoms with van der Waals surface area (Å²) < 4.78 is 26.8. The molecular formula is C24H25F2N5O. The Morgan fingerprint density at radius 3 is 2.41 bits per heavy atom. The molecule has 6 nitrogen and oxygen atoms in total. The maximum Gasteiger partial charge on any atom is 0.228 e. The fourth-order valence-corrected chi connectivity index (χ4v) is 3.68. The van der Waals surface area contributed by atoms with Crippen LogP contribution in [0, 0.1) is 18.6 Å². The first kappa shape index (κ1) is 21.7. The molecule has 0 aliphatic carbocycles. The molecule has 0 saturated carbocycles. The zero-order chi connectivity index (χ0) is 22.5. The molecule has 2 aromatic carbocycles. The van der Waals surface area contributed by atoms with Gasteiger partial charge in [-0.3, -0.25) is 4.79 Å². The second-order valence-electron chi connectivity index (χ2n) is 7.91. The van der Waals surface area contributed by atoms with Crippen molar-refractivity contribution in [2.45, 2.75) is 32.6 Å². The number of anilines is 4. The van der Waals surface area contributed by atoms with Crippen molar-refractivity contribution in [1.29, 1.82) is 0 Å². The van der Waals surface area contributed by atoms with Crippen LogP contribution in [-0.4, -0.2) is 29.0 Å². The van der Waals surface area contributed by atoms with Crippen LogP contribution in [-0.2, 0) is 11.2 Å². The predicted octanol–water partition coefficient (Wildman–Crippen LogP) is 4.98. The van der Waals surface area contributed by atoms with Crippen LogP contribution < -0.4 is 15.5 Å². The number of aryl methyl sites for hydroxylation is 1. The number of nitrogens with zero attached hydrogens (tertiary/aromatic N) is 3. The zero-order valence-corrected chi connectivity index (χ0v) is 17.9. The number of piperidine rings is 1. The molecule has 1 aliphatic rings. The van der Waals surface area contributed by atoms with Gasteiger partial charge in [-0.15, -0.1) is 0 Å². The molecule has 32 heavy (non-hydrogen) atoms. The average Bonchev–Trinajstić information content (AvgIpc) is 2.77. The van der Waals surface area contributed by atoms with Crippen molar-refractivity contribution in [2.75, 3.05) is 28.6 Å². The standard InChI is InChI=1S/C24H25F2N5O/c1-16-13-22(30-24(27-16)31-11-3-2-4-12-31)28-19-7-9-20(10-8-19)29-23(32)14-17-5-6-18(25)15-21(17)26/h5-10,13,15H,2-4,11-12,14H2,1H3,(H,29,32)(H,27,28,30). The Labute approximate surface area is 185 Å². The second-order valence-corrected chi connectivity index (χ2v) is 7.91. The Hall–Kier alpha value is -3.55. The maximum atomic E-state index is 13.7. The number of carbonyl (C=O) groups is 1. The molecule has 1 aromatic heterocycles. The van der Waals surface area contributed by atoms with Gasteiger partial charge in [-0.05, 0) is 62.1 Å². The van der Waals surface area contributed by atoms with E-state index in [0.29, 0.717) is 11.5 Å². The van der Waals surface area contributed by atoms with Gasteiger partial charge in [-0.2, -0.15) is 4.98 Å². The molecule has 2 N–H and O–H groups in total. The van der Waals surface area contributed by atoms with E-state index < -0.39 is 11.6 Å². The monoisotopic (exact) mass is 437 g/mol. The van der Waals surface area contributed by atoms with Gasteiger partial charge in [0.1, 0.15) is 17.5 Å². The van der Waals surface area contributed by atoms with Crippen molar-refractivity contribution in [1.82, 2.24) is 9.97 Å². The Morgan fingerprint density at radius 1 is 0.969 bits per heavy atom. The molecule has 4 rings (SSSR count). The van der Waals surface area contributed by atoms with Crippen LogP contribution in [0.2, 0.25) is 0 Å². The summed E-state index contributed by atoms with van der Waals surface area (Å²) in [5.74, 6) is -0.333. The smallest absolute Gasteiger partial charge is 0.228 e. The van der Waals surface area contributed by atoms with Crippen LogP contribution in [0.3, 0.4) is 0 Å². The number of amides is 1. The Morgan fingerprint density at radius 2 is 1.69 bits per heavy atom. The number of benzene rings is 2. The fraction of sp³-hybridized carbons (Fsp3) is 0.292. The van der Waals surface area contributed by atoms with E-state index in [0.717, 1.165) is 55.4 Å². The third kappa shape index (κ3) is 5.57. The highest BCUT2D eigenvalue weighted by atomic mass is 19.1. The van der Waals surface area contributed by atoms with Crippen LogP contribution in [0.15, 0.2) is 48.5 Å². The Bertz CT molecular complexity index is 1100. The number of nitrogens with one attached hydrogen (secondary N) is 2. The van der Waals surface area contributed by atoms with Gasteiger partial charge in [0.25, 0.3) is 0 Å². The molecule has 3 aromatic rings. The average molecular weight is 437 g/mol. The van der Waals surface area contributed by atoms with Gasteiger partial charge in [0.15, 0.2) is 0 Å². The van der Waals surface area contributed by atoms with Crippen LogP contribution >= 0.6 is 0 Å². The van der Waals surface area contributed by atoms with E-state index in [4.69, 9.17) is 0 Å². The molecule has 2 heterocycles. The van der Waals surface area contributed by atoms with Gasteiger partial charge in [-0.1, -0.05) is 6.07 Å². The lowest BCUT2D eigenvalue weighted by molar-refractivity contribution is -0.115. The lowest BCUT2D eigenvalue weighted by Crippen LogP contribution is -2.31. The largest absolute Gasteiger partial charge is 0.341 e. The van der Waals surface area contributed by atoms with E-state index in [2.05, 4.69) is 25.5 Å². The molecular weight excluding hydrogens is 412 g/mol. The zero-order valence-electron chi connectivity index (χ0n) is 17.9. The first-order valence-corrected chi connectivity index (χ1v) is 10.7. The molecule has 1 aliphatic heterocycles. The third-order valence-electron chi connectivity index (χ3n) is 5.29. The number of aromatic nitrogens is 2. The second kappa shape index (κ2) is 9.72. The number of carbonyl (C=O) groups excluding carboxylic acids is 1. The highest BCUT2D eigenvalue weighted by Gasteiger charge is 2.15. The molecule has 0 spiro atoms. The summed E-state index contributed by atoms with van der Waals surface area (Å²) in [6.07, 6.45) is 3.38. The van der Waals surface area contributed by atoms with Gasteiger partial charge in [-0.25, -0.2) is 13.8 Å². The Kier molecular flexibility index (Phi) is 6.58. The SMILES string of the molecule is Cc1cc(Nc2ccc(NC(=O)Cc3ccc(F)cc3F)cc2)nc(N2CCCCC2)n1.